The summed E-state index contributed by atoms with van der Waals surface area (Å²) in [6, 6.07) is 0. The van der Waals surface area contributed by atoms with Crippen LogP contribution in [0.1, 0.15) is 47.2 Å². The molecule has 0 N–H and O–H groups in total. The SMILES string of the molecule is CCN(CC)C(=O)c1nc2c3c4c(sc3nc(C)n2n1)CCC4. The first-order valence-electron chi connectivity index (χ1n) is 8.11. The van der Waals surface area contributed by atoms with E-state index in [4.69, 9.17) is 0 Å². The quantitative estimate of drug-likeness (QED) is 0.741. The maximum Gasteiger partial charge on any atom is 0.293 e. The summed E-state index contributed by atoms with van der Waals surface area (Å²) in [7, 11) is 0. The number of amides is 1. The van der Waals surface area contributed by atoms with E-state index in [2.05, 4.69) is 15.1 Å². The predicted octanol–water partition coefficient (Wildman–Crippen LogP) is 2.62. The number of rotatable bonds is 3. The number of carbonyl (C=O) groups is 1. The third-order valence-electron chi connectivity index (χ3n) is 4.55. The van der Waals surface area contributed by atoms with Crippen molar-refractivity contribution in [2.45, 2.75) is 40.0 Å². The molecule has 0 fully saturated rings. The highest BCUT2D eigenvalue weighted by Gasteiger charge is 2.25. The molecule has 3 heterocycles. The highest BCUT2D eigenvalue weighted by Crippen LogP contribution is 2.38. The van der Waals surface area contributed by atoms with E-state index in [1.54, 1.807) is 20.8 Å². The van der Waals surface area contributed by atoms with Gasteiger partial charge in [-0.3, -0.25) is 4.79 Å². The van der Waals surface area contributed by atoms with E-state index in [9.17, 15) is 4.79 Å². The average Bonchev–Trinajstić information content (AvgIpc) is 3.21. The van der Waals surface area contributed by atoms with Gasteiger partial charge in [0.15, 0.2) is 5.65 Å². The van der Waals surface area contributed by atoms with Gasteiger partial charge in [-0.05, 0) is 45.6 Å². The summed E-state index contributed by atoms with van der Waals surface area (Å²) >= 11 is 1.76. The molecule has 7 heteroatoms. The van der Waals surface area contributed by atoms with Crippen LogP contribution in [0.2, 0.25) is 0 Å². The Labute approximate surface area is 138 Å². The third kappa shape index (κ3) is 2.06. The van der Waals surface area contributed by atoms with E-state index in [1.807, 2.05) is 20.8 Å². The molecule has 1 aliphatic carbocycles. The molecule has 0 aliphatic heterocycles. The van der Waals surface area contributed by atoms with Gasteiger partial charge in [-0.1, -0.05) is 0 Å². The first-order chi connectivity index (χ1) is 11.1. The molecule has 3 aromatic rings. The smallest absolute Gasteiger partial charge is 0.293 e. The van der Waals surface area contributed by atoms with Gasteiger partial charge in [0, 0.05) is 18.0 Å². The van der Waals surface area contributed by atoms with Crippen LogP contribution in [-0.2, 0) is 12.8 Å². The molecule has 1 aliphatic rings. The van der Waals surface area contributed by atoms with E-state index in [1.165, 1.54) is 16.9 Å². The highest BCUT2D eigenvalue weighted by molar-refractivity contribution is 7.19. The molecule has 0 saturated heterocycles. The lowest BCUT2D eigenvalue weighted by atomic mass is 10.2. The summed E-state index contributed by atoms with van der Waals surface area (Å²) in [5, 5.41) is 5.54. The summed E-state index contributed by atoms with van der Waals surface area (Å²) in [6.07, 6.45) is 3.39. The van der Waals surface area contributed by atoms with Crippen LogP contribution in [-0.4, -0.2) is 43.5 Å². The van der Waals surface area contributed by atoms with Crippen molar-refractivity contribution in [3.8, 4) is 0 Å². The van der Waals surface area contributed by atoms with E-state index >= 15 is 0 Å². The number of aryl methyl sites for hydroxylation is 3. The monoisotopic (exact) mass is 329 g/mol. The van der Waals surface area contributed by atoms with E-state index < -0.39 is 0 Å². The molecule has 23 heavy (non-hydrogen) atoms. The Morgan fingerprint density at radius 2 is 2.04 bits per heavy atom. The normalized spacial score (nSPS) is 13.9. The Morgan fingerprint density at radius 3 is 2.78 bits per heavy atom. The number of hydrogen-bond acceptors (Lipinski definition) is 5. The van der Waals surface area contributed by atoms with Gasteiger partial charge in [0.25, 0.3) is 5.91 Å². The summed E-state index contributed by atoms with van der Waals surface area (Å²) < 4.78 is 1.73. The van der Waals surface area contributed by atoms with Crippen molar-refractivity contribution in [1.82, 2.24) is 24.5 Å². The summed E-state index contributed by atoms with van der Waals surface area (Å²) in [5.74, 6) is 0.931. The minimum Gasteiger partial charge on any atom is -0.336 e. The van der Waals surface area contributed by atoms with Crippen molar-refractivity contribution in [2.75, 3.05) is 13.1 Å². The number of nitrogens with zero attached hydrogens (tertiary/aromatic N) is 5. The lowest BCUT2D eigenvalue weighted by Gasteiger charge is -2.15. The van der Waals surface area contributed by atoms with Crippen molar-refractivity contribution in [3.05, 3.63) is 22.1 Å². The number of fused-ring (bicyclic) bond motifs is 5. The lowest BCUT2D eigenvalue weighted by molar-refractivity contribution is 0.0761. The van der Waals surface area contributed by atoms with Crippen molar-refractivity contribution < 1.29 is 4.79 Å². The molecule has 0 atom stereocenters. The molecule has 0 unspecified atom stereocenters. The van der Waals surface area contributed by atoms with E-state index in [0.717, 1.165) is 34.5 Å². The van der Waals surface area contributed by atoms with Crippen molar-refractivity contribution in [3.63, 3.8) is 0 Å². The van der Waals surface area contributed by atoms with Crippen molar-refractivity contribution >= 4 is 33.1 Å². The zero-order valence-corrected chi connectivity index (χ0v) is 14.4. The Hall–Kier alpha value is -2.02. The summed E-state index contributed by atoms with van der Waals surface area (Å²) in [6.45, 7) is 7.16. The molecule has 3 aromatic heterocycles. The molecule has 0 radical (unpaired) electrons. The first kappa shape index (κ1) is 14.6. The maximum absolute atomic E-state index is 12.6. The number of aromatic nitrogens is 4. The topological polar surface area (TPSA) is 63.4 Å². The predicted molar refractivity (Wildman–Crippen MR) is 90.2 cm³/mol. The molecule has 0 aromatic carbocycles. The summed E-state index contributed by atoms with van der Waals surface area (Å²) in [4.78, 5) is 26.0. The minimum absolute atomic E-state index is 0.113. The van der Waals surface area contributed by atoms with E-state index in [-0.39, 0.29) is 11.7 Å². The van der Waals surface area contributed by atoms with Gasteiger partial charge in [-0.15, -0.1) is 16.4 Å². The van der Waals surface area contributed by atoms with Crippen molar-refractivity contribution in [2.24, 2.45) is 0 Å². The van der Waals surface area contributed by atoms with Crippen LogP contribution in [0.3, 0.4) is 0 Å². The summed E-state index contributed by atoms with van der Waals surface area (Å²) in [5.41, 5.74) is 2.14. The second-order valence-electron chi connectivity index (χ2n) is 5.84. The van der Waals surface area contributed by atoms with Crippen LogP contribution in [0, 0.1) is 6.92 Å². The minimum atomic E-state index is -0.113. The fourth-order valence-electron chi connectivity index (χ4n) is 3.34. The van der Waals surface area contributed by atoms with Crippen LogP contribution in [0.15, 0.2) is 0 Å². The van der Waals surface area contributed by atoms with Gasteiger partial charge in [-0.25, -0.2) is 9.97 Å². The fraction of sp³-hybridized carbons (Fsp3) is 0.500. The molecule has 0 spiro atoms. The highest BCUT2D eigenvalue weighted by atomic mass is 32.1. The maximum atomic E-state index is 12.6. The Kier molecular flexibility index (Phi) is 3.33. The molecule has 4 rings (SSSR count). The van der Waals surface area contributed by atoms with Crippen molar-refractivity contribution in [1.29, 1.82) is 0 Å². The first-order valence-corrected chi connectivity index (χ1v) is 8.92. The number of hydrogen-bond donors (Lipinski definition) is 0. The molecule has 0 saturated carbocycles. The molecular weight excluding hydrogens is 310 g/mol. The fourth-order valence-corrected chi connectivity index (χ4v) is 4.64. The molecule has 1 amide bonds. The lowest BCUT2D eigenvalue weighted by Crippen LogP contribution is -2.31. The Bertz CT molecular complexity index is 922. The number of thiophene rings is 1. The van der Waals surface area contributed by atoms with Crippen LogP contribution in [0.5, 0.6) is 0 Å². The molecular formula is C16H19N5OS. The van der Waals surface area contributed by atoms with Gasteiger partial charge in [0.05, 0.1) is 5.39 Å². The van der Waals surface area contributed by atoms with Gasteiger partial charge in [-0.2, -0.15) is 4.52 Å². The molecule has 120 valence electrons. The van der Waals surface area contributed by atoms with Gasteiger partial charge in [0.2, 0.25) is 5.82 Å². The standard InChI is InChI=1S/C16H19N5OS/c1-4-20(5-2)16(22)13-18-14-12-10-7-6-8-11(10)23-15(12)17-9(3)21(14)19-13/h4-8H2,1-3H3. The van der Waals surface area contributed by atoms with Crippen LogP contribution >= 0.6 is 11.3 Å². The third-order valence-corrected chi connectivity index (χ3v) is 5.73. The number of carbonyl (C=O) groups excluding carboxylic acids is 1. The van der Waals surface area contributed by atoms with Gasteiger partial charge >= 0.3 is 0 Å². The second-order valence-corrected chi connectivity index (χ2v) is 6.93. The van der Waals surface area contributed by atoms with Gasteiger partial charge in [0.1, 0.15) is 10.7 Å². The second kappa shape index (κ2) is 5.26. The Balaban J connectivity index is 1.95. The van der Waals surface area contributed by atoms with Crippen LogP contribution in [0.25, 0.3) is 15.9 Å². The van der Waals surface area contributed by atoms with E-state index in [0.29, 0.717) is 13.1 Å². The van der Waals surface area contributed by atoms with Crippen LogP contribution in [0.4, 0.5) is 0 Å². The van der Waals surface area contributed by atoms with Gasteiger partial charge < -0.3 is 4.90 Å². The average molecular weight is 329 g/mol. The van der Waals surface area contributed by atoms with Crippen LogP contribution < -0.4 is 0 Å². The zero-order valence-electron chi connectivity index (χ0n) is 13.6. The largest absolute Gasteiger partial charge is 0.336 e. The molecule has 0 bridgehead atoms. The zero-order chi connectivity index (χ0) is 16.1. The molecule has 6 nitrogen and oxygen atoms in total. The Morgan fingerprint density at radius 1 is 1.26 bits per heavy atom.